The van der Waals surface area contributed by atoms with Gasteiger partial charge >= 0.3 is 0 Å². The second kappa shape index (κ2) is 3.15. The first-order chi connectivity index (χ1) is 5.79. The maximum Gasteiger partial charge on any atom is 0.0714 e. The zero-order valence-corrected chi connectivity index (χ0v) is 9.26. The van der Waals surface area contributed by atoms with Crippen molar-refractivity contribution in [2.75, 3.05) is 0 Å². The van der Waals surface area contributed by atoms with Crippen LogP contribution < -0.4 is 0 Å². The molecular formula is C9H5Br2N. The molecule has 0 saturated heterocycles. The van der Waals surface area contributed by atoms with Crippen molar-refractivity contribution in [3.05, 3.63) is 39.4 Å². The van der Waals surface area contributed by atoms with Gasteiger partial charge in [-0.15, -0.1) is 0 Å². The molecule has 0 aliphatic heterocycles. The summed E-state index contributed by atoms with van der Waals surface area (Å²) in [5.41, 5.74) is 1.01. The standard InChI is InChI=1S/C9H5Br2N/c10-7-5-12-8-4-2-1-3-6(8)9(7)11/h1-5H. The van der Waals surface area contributed by atoms with E-state index >= 15 is 0 Å². The van der Waals surface area contributed by atoms with Crippen LogP contribution in [-0.4, -0.2) is 4.98 Å². The van der Waals surface area contributed by atoms with E-state index in [4.69, 9.17) is 0 Å². The van der Waals surface area contributed by atoms with Crippen LogP contribution in [0.4, 0.5) is 0 Å². The summed E-state index contributed by atoms with van der Waals surface area (Å²) in [5.74, 6) is 0. The molecule has 2 aromatic rings. The molecule has 1 heterocycles. The lowest BCUT2D eigenvalue weighted by Crippen LogP contribution is -1.79. The minimum Gasteiger partial charge on any atom is -0.255 e. The van der Waals surface area contributed by atoms with Crippen LogP contribution in [0.25, 0.3) is 10.9 Å². The quantitative estimate of drug-likeness (QED) is 0.719. The predicted octanol–water partition coefficient (Wildman–Crippen LogP) is 3.76. The van der Waals surface area contributed by atoms with Crippen molar-refractivity contribution in [1.29, 1.82) is 0 Å². The molecule has 2 rings (SSSR count). The lowest BCUT2D eigenvalue weighted by Gasteiger charge is -2.00. The number of benzene rings is 1. The fourth-order valence-electron chi connectivity index (χ4n) is 1.08. The maximum absolute atomic E-state index is 4.26. The van der Waals surface area contributed by atoms with Gasteiger partial charge in [0.25, 0.3) is 0 Å². The van der Waals surface area contributed by atoms with Gasteiger partial charge in [0.05, 0.1) is 9.99 Å². The highest BCUT2D eigenvalue weighted by molar-refractivity contribution is 9.13. The van der Waals surface area contributed by atoms with Gasteiger partial charge in [-0.1, -0.05) is 18.2 Å². The predicted molar refractivity (Wildman–Crippen MR) is 57.1 cm³/mol. The minimum absolute atomic E-state index is 0.987. The number of rotatable bonds is 0. The van der Waals surface area contributed by atoms with E-state index in [9.17, 15) is 0 Å². The number of hydrogen-bond donors (Lipinski definition) is 0. The van der Waals surface area contributed by atoms with Gasteiger partial charge < -0.3 is 0 Å². The molecule has 0 N–H and O–H groups in total. The van der Waals surface area contributed by atoms with Crippen LogP contribution >= 0.6 is 31.9 Å². The normalized spacial score (nSPS) is 10.5. The molecule has 0 aliphatic carbocycles. The molecule has 3 heteroatoms. The van der Waals surface area contributed by atoms with Crippen LogP contribution in [0, 0.1) is 0 Å². The first-order valence-corrected chi connectivity index (χ1v) is 5.06. The van der Waals surface area contributed by atoms with Gasteiger partial charge in [-0.3, -0.25) is 4.98 Å². The molecule has 1 nitrogen and oxygen atoms in total. The van der Waals surface area contributed by atoms with E-state index < -0.39 is 0 Å². The molecule has 60 valence electrons. The third-order valence-corrected chi connectivity index (χ3v) is 3.65. The molecule has 12 heavy (non-hydrogen) atoms. The van der Waals surface area contributed by atoms with Crippen molar-refractivity contribution >= 4 is 42.8 Å². The first kappa shape index (κ1) is 8.20. The Morgan fingerprint density at radius 2 is 1.83 bits per heavy atom. The molecule has 0 radical (unpaired) electrons. The van der Waals surface area contributed by atoms with Crippen LogP contribution in [0.1, 0.15) is 0 Å². The molecule has 0 bridgehead atoms. The topological polar surface area (TPSA) is 12.9 Å². The monoisotopic (exact) mass is 285 g/mol. The third-order valence-electron chi connectivity index (χ3n) is 1.67. The number of para-hydroxylation sites is 1. The smallest absolute Gasteiger partial charge is 0.0714 e. The second-order valence-corrected chi connectivity index (χ2v) is 4.08. The van der Waals surface area contributed by atoms with Crippen molar-refractivity contribution in [1.82, 2.24) is 4.98 Å². The number of halogens is 2. The van der Waals surface area contributed by atoms with Gasteiger partial charge in [0, 0.05) is 16.1 Å². The lowest BCUT2D eigenvalue weighted by atomic mass is 10.2. The van der Waals surface area contributed by atoms with Crippen molar-refractivity contribution in [2.45, 2.75) is 0 Å². The van der Waals surface area contributed by atoms with Crippen LogP contribution in [0.5, 0.6) is 0 Å². The summed E-state index contributed by atoms with van der Waals surface area (Å²) >= 11 is 6.90. The zero-order chi connectivity index (χ0) is 8.55. The van der Waals surface area contributed by atoms with Gasteiger partial charge in [0.15, 0.2) is 0 Å². The highest BCUT2D eigenvalue weighted by Gasteiger charge is 2.01. The van der Waals surface area contributed by atoms with Crippen molar-refractivity contribution in [3.63, 3.8) is 0 Å². The molecule has 0 aliphatic rings. The van der Waals surface area contributed by atoms with E-state index in [0.717, 1.165) is 19.8 Å². The molecule has 0 fully saturated rings. The summed E-state index contributed by atoms with van der Waals surface area (Å²) in [7, 11) is 0. The van der Waals surface area contributed by atoms with Crippen LogP contribution in [0.3, 0.4) is 0 Å². The SMILES string of the molecule is Brc1cnc2ccccc2c1Br. The summed E-state index contributed by atoms with van der Waals surface area (Å²) in [4.78, 5) is 4.26. The number of fused-ring (bicyclic) bond motifs is 1. The van der Waals surface area contributed by atoms with Gasteiger partial charge in [0.1, 0.15) is 0 Å². The Morgan fingerprint density at radius 3 is 2.67 bits per heavy atom. The Labute approximate surface area is 87.1 Å². The Bertz CT molecular complexity index is 426. The van der Waals surface area contributed by atoms with Gasteiger partial charge in [-0.2, -0.15) is 0 Å². The summed E-state index contributed by atoms with van der Waals surface area (Å²) < 4.78 is 2.05. The van der Waals surface area contributed by atoms with Crippen LogP contribution in [0.15, 0.2) is 39.4 Å². The van der Waals surface area contributed by atoms with E-state index in [-0.39, 0.29) is 0 Å². The second-order valence-electron chi connectivity index (χ2n) is 2.44. The van der Waals surface area contributed by atoms with Gasteiger partial charge in [-0.05, 0) is 37.9 Å². The summed E-state index contributed by atoms with van der Waals surface area (Å²) in [6.45, 7) is 0. The molecular weight excluding hydrogens is 282 g/mol. The third kappa shape index (κ3) is 1.27. The van der Waals surface area contributed by atoms with E-state index in [2.05, 4.69) is 36.8 Å². The number of nitrogens with zero attached hydrogens (tertiary/aromatic N) is 1. The lowest BCUT2D eigenvalue weighted by molar-refractivity contribution is 1.38. The summed E-state index contributed by atoms with van der Waals surface area (Å²) in [6, 6.07) is 8.01. The fraction of sp³-hybridized carbons (Fsp3) is 0. The molecule has 1 aromatic carbocycles. The van der Waals surface area contributed by atoms with E-state index in [0.29, 0.717) is 0 Å². The largest absolute Gasteiger partial charge is 0.255 e. The number of pyridine rings is 1. The Balaban J connectivity index is 2.91. The van der Waals surface area contributed by atoms with Gasteiger partial charge in [-0.25, -0.2) is 0 Å². The minimum atomic E-state index is 0.987. The van der Waals surface area contributed by atoms with Crippen LogP contribution in [0.2, 0.25) is 0 Å². The molecule has 0 atom stereocenters. The molecule has 0 amide bonds. The van der Waals surface area contributed by atoms with E-state index in [1.165, 1.54) is 0 Å². The Morgan fingerprint density at radius 1 is 1.08 bits per heavy atom. The molecule has 1 aromatic heterocycles. The highest BCUT2D eigenvalue weighted by atomic mass is 79.9. The van der Waals surface area contributed by atoms with Crippen LogP contribution in [-0.2, 0) is 0 Å². The Kier molecular flexibility index (Phi) is 2.15. The van der Waals surface area contributed by atoms with E-state index in [1.54, 1.807) is 6.20 Å². The highest BCUT2D eigenvalue weighted by Crippen LogP contribution is 2.29. The van der Waals surface area contributed by atoms with Gasteiger partial charge in [0.2, 0.25) is 0 Å². The number of aromatic nitrogens is 1. The van der Waals surface area contributed by atoms with Crippen molar-refractivity contribution < 1.29 is 0 Å². The maximum atomic E-state index is 4.26. The zero-order valence-electron chi connectivity index (χ0n) is 6.09. The number of hydrogen-bond acceptors (Lipinski definition) is 1. The molecule has 0 spiro atoms. The molecule has 0 unspecified atom stereocenters. The average Bonchev–Trinajstić information content (AvgIpc) is 2.12. The summed E-state index contributed by atoms with van der Waals surface area (Å²) in [5, 5.41) is 1.13. The first-order valence-electron chi connectivity index (χ1n) is 3.48. The van der Waals surface area contributed by atoms with E-state index in [1.807, 2.05) is 24.3 Å². The van der Waals surface area contributed by atoms with Crippen molar-refractivity contribution in [3.8, 4) is 0 Å². The molecule has 0 saturated carbocycles. The Hall–Kier alpha value is -0.410. The summed E-state index contributed by atoms with van der Waals surface area (Å²) in [6.07, 6.45) is 1.80. The van der Waals surface area contributed by atoms with Crippen molar-refractivity contribution in [2.24, 2.45) is 0 Å². The average molecular weight is 287 g/mol. The fourth-order valence-corrected chi connectivity index (χ4v) is 1.84.